The highest BCUT2D eigenvalue weighted by Crippen LogP contribution is 2.44. The molecule has 1 aromatic carbocycles. The minimum atomic E-state index is -0.839. The van der Waals surface area contributed by atoms with Crippen molar-refractivity contribution in [3.63, 3.8) is 0 Å². The smallest absolute Gasteiger partial charge is 0.411 e. The zero-order valence-electron chi connectivity index (χ0n) is 16.7. The third-order valence-corrected chi connectivity index (χ3v) is 7.33. The topological polar surface area (TPSA) is 43.8 Å². The number of anilines is 1. The Hall–Kier alpha value is -1.55. The molecule has 148 valence electrons. The molecule has 3 aliphatic rings. The van der Waals surface area contributed by atoms with Gasteiger partial charge in [-0.05, 0) is 68.8 Å². The number of amides is 1. The molecule has 2 aliphatic carbocycles. The standard InChI is InChI=1S/C23H34N2O2/c1-2-25(23(26)27)22-10-6-9-18-19(22)11-12-21-20(18)14-16-24(21)15-13-17-7-4-3-5-8-17/h6,9-10,17,20-21H,2-5,7-8,11-16H2,1H3,(H,26,27)/t20-,21+/m0/s1. The number of rotatable bonds is 5. The second-order valence-corrected chi connectivity index (χ2v) is 8.70. The minimum absolute atomic E-state index is 0.507. The lowest BCUT2D eigenvalue weighted by Gasteiger charge is -2.36. The number of benzene rings is 1. The van der Waals surface area contributed by atoms with Gasteiger partial charge in [0, 0.05) is 18.5 Å². The second-order valence-electron chi connectivity index (χ2n) is 8.70. The summed E-state index contributed by atoms with van der Waals surface area (Å²) in [5.41, 5.74) is 3.63. The molecule has 2 fully saturated rings. The van der Waals surface area contributed by atoms with Crippen molar-refractivity contribution in [2.45, 2.75) is 76.7 Å². The highest BCUT2D eigenvalue weighted by Gasteiger charge is 2.39. The normalized spacial score (nSPS) is 25.8. The Morgan fingerprint density at radius 3 is 2.74 bits per heavy atom. The van der Waals surface area contributed by atoms with E-state index in [1.807, 2.05) is 13.0 Å². The van der Waals surface area contributed by atoms with Crippen LogP contribution >= 0.6 is 0 Å². The van der Waals surface area contributed by atoms with Crippen LogP contribution in [0, 0.1) is 5.92 Å². The average molecular weight is 371 g/mol. The zero-order valence-corrected chi connectivity index (χ0v) is 16.7. The van der Waals surface area contributed by atoms with Crippen molar-refractivity contribution in [2.24, 2.45) is 5.92 Å². The number of fused-ring (bicyclic) bond motifs is 3. The predicted octanol–water partition coefficient (Wildman–Crippen LogP) is 5.27. The van der Waals surface area contributed by atoms with E-state index in [0.717, 1.165) is 18.0 Å². The largest absolute Gasteiger partial charge is 0.465 e. The summed E-state index contributed by atoms with van der Waals surface area (Å²) in [6, 6.07) is 6.98. The van der Waals surface area contributed by atoms with E-state index in [1.54, 1.807) is 0 Å². The molecular formula is C23H34N2O2. The lowest BCUT2D eigenvalue weighted by atomic mass is 9.78. The fourth-order valence-corrected chi connectivity index (χ4v) is 5.93. The maximum Gasteiger partial charge on any atom is 0.411 e. The Kier molecular flexibility index (Phi) is 5.72. The van der Waals surface area contributed by atoms with E-state index in [2.05, 4.69) is 17.0 Å². The maximum absolute atomic E-state index is 11.6. The van der Waals surface area contributed by atoms with Crippen molar-refractivity contribution < 1.29 is 9.90 Å². The molecule has 0 radical (unpaired) electrons. The summed E-state index contributed by atoms with van der Waals surface area (Å²) in [5, 5.41) is 9.57. The number of carbonyl (C=O) groups is 1. The molecule has 1 heterocycles. The van der Waals surface area contributed by atoms with Crippen LogP contribution in [0.15, 0.2) is 18.2 Å². The zero-order chi connectivity index (χ0) is 18.8. The Bertz CT molecular complexity index is 668. The third-order valence-electron chi connectivity index (χ3n) is 7.33. The highest BCUT2D eigenvalue weighted by atomic mass is 16.4. The van der Waals surface area contributed by atoms with Crippen molar-refractivity contribution in [2.75, 3.05) is 24.5 Å². The molecule has 1 amide bonds. The molecule has 1 saturated heterocycles. The summed E-state index contributed by atoms with van der Waals surface area (Å²) in [5.74, 6) is 1.54. The van der Waals surface area contributed by atoms with E-state index in [1.165, 1.54) is 80.5 Å². The van der Waals surface area contributed by atoms with E-state index in [9.17, 15) is 9.90 Å². The first-order chi connectivity index (χ1) is 13.2. The maximum atomic E-state index is 11.6. The van der Waals surface area contributed by atoms with Gasteiger partial charge in [-0.2, -0.15) is 0 Å². The van der Waals surface area contributed by atoms with Gasteiger partial charge in [-0.25, -0.2) is 4.79 Å². The second kappa shape index (κ2) is 8.22. The van der Waals surface area contributed by atoms with Crippen molar-refractivity contribution in [3.8, 4) is 0 Å². The molecule has 4 nitrogen and oxygen atoms in total. The van der Waals surface area contributed by atoms with Crippen molar-refractivity contribution in [1.29, 1.82) is 0 Å². The first-order valence-corrected chi connectivity index (χ1v) is 11.0. The summed E-state index contributed by atoms with van der Waals surface area (Å²) in [6.07, 6.45) is 11.1. The van der Waals surface area contributed by atoms with E-state index in [0.29, 0.717) is 18.5 Å². The molecule has 4 rings (SSSR count). The number of nitrogens with zero attached hydrogens (tertiary/aromatic N) is 2. The van der Waals surface area contributed by atoms with Crippen LogP contribution in [0.1, 0.15) is 75.3 Å². The lowest BCUT2D eigenvalue weighted by molar-refractivity contribution is 0.199. The molecule has 27 heavy (non-hydrogen) atoms. The van der Waals surface area contributed by atoms with Crippen LogP contribution in [0.5, 0.6) is 0 Å². The Balaban J connectivity index is 1.47. The Morgan fingerprint density at radius 1 is 1.19 bits per heavy atom. The molecule has 1 aliphatic heterocycles. The van der Waals surface area contributed by atoms with Crippen LogP contribution in [-0.2, 0) is 6.42 Å². The lowest BCUT2D eigenvalue weighted by Crippen LogP contribution is -2.37. The molecule has 0 bridgehead atoms. The van der Waals surface area contributed by atoms with Gasteiger partial charge in [-0.15, -0.1) is 0 Å². The summed E-state index contributed by atoms with van der Waals surface area (Å²) in [6.45, 7) is 4.90. The van der Waals surface area contributed by atoms with Crippen LogP contribution in [-0.4, -0.2) is 41.8 Å². The third kappa shape index (κ3) is 3.73. The first kappa shape index (κ1) is 18.8. The van der Waals surface area contributed by atoms with E-state index >= 15 is 0 Å². The van der Waals surface area contributed by atoms with Crippen molar-refractivity contribution >= 4 is 11.8 Å². The summed E-state index contributed by atoms with van der Waals surface area (Å²) in [4.78, 5) is 15.9. The first-order valence-electron chi connectivity index (χ1n) is 11.0. The summed E-state index contributed by atoms with van der Waals surface area (Å²) < 4.78 is 0. The van der Waals surface area contributed by atoms with Crippen molar-refractivity contribution in [3.05, 3.63) is 29.3 Å². The van der Waals surface area contributed by atoms with E-state index in [-0.39, 0.29) is 0 Å². The van der Waals surface area contributed by atoms with Gasteiger partial charge in [0.15, 0.2) is 0 Å². The minimum Gasteiger partial charge on any atom is -0.465 e. The van der Waals surface area contributed by atoms with Crippen LogP contribution in [0.25, 0.3) is 0 Å². The van der Waals surface area contributed by atoms with Crippen molar-refractivity contribution in [1.82, 2.24) is 4.90 Å². The van der Waals surface area contributed by atoms with Gasteiger partial charge < -0.3 is 5.11 Å². The number of likely N-dealkylation sites (tertiary alicyclic amines) is 1. The van der Waals surface area contributed by atoms with Gasteiger partial charge >= 0.3 is 6.09 Å². The predicted molar refractivity (Wildman–Crippen MR) is 110 cm³/mol. The Morgan fingerprint density at radius 2 is 2.00 bits per heavy atom. The fraction of sp³-hybridized carbons (Fsp3) is 0.696. The van der Waals surface area contributed by atoms with Crippen LogP contribution < -0.4 is 4.90 Å². The molecule has 0 unspecified atom stereocenters. The molecular weight excluding hydrogens is 336 g/mol. The van der Waals surface area contributed by atoms with Gasteiger partial charge in [-0.1, -0.05) is 44.2 Å². The number of hydrogen-bond acceptors (Lipinski definition) is 2. The van der Waals surface area contributed by atoms with Gasteiger partial charge in [0.05, 0.1) is 5.69 Å². The molecule has 0 spiro atoms. The van der Waals surface area contributed by atoms with Gasteiger partial charge in [-0.3, -0.25) is 9.80 Å². The van der Waals surface area contributed by atoms with Crippen LogP contribution in [0.4, 0.5) is 10.5 Å². The molecule has 2 atom stereocenters. The average Bonchev–Trinajstić information content (AvgIpc) is 3.11. The Labute approximate surface area is 163 Å². The molecule has 4 heteroatoms. The molecule has 0 aromatic heterocycles. The highest BCUT2D eigenvalue weighted by molar-refractivity contribution is 5.87. The van der Waals surface area contributed by atoms with Crippen LogP contribution in [0.2, 0.25) is 0 Å². The van der Waals surface area contributed by atoms with Gasteiger partial charge in [0.2, 0.25) is 0 Å². The summed E-state index contributed by atoms with van der Waals surface area (Å²) >= 11 is 0. The number of hydrogen-bond donors (Lipinski definition) is 1. The van der Waals surface area contributed by atoms with Gasteiger partial charge in [0.25, 0.3) is 0 Å². The van der Waals surface area contributed by atoms with E-state index < -0.39 is 6.09 Å². The van der Waals surface area contributed by atoms with Gasteiger partial charge in [0.1, 0.15) is 0 Å². The van der Waals surface area contributed by atoms with Crippen LogP contribution in [0.3, 0.4) is 0 Å². The SMILES string of the molecule is CCN(C(=O)O)c1cccc2c1CC[C@@H]1[C@H]2CCN1CCC1CCCCC1. The molecule has 1 aromatic rings. The number of carboxylic acid groups (broad SMARTS) is 1. The van der Waals surface area contributed by atoms with E-state index in [4.69, 9.17) is 0 Å². The summed E-state index contributed by atoms with van der Waals surface area (Å²) in [7, 11) is 0. The fourth-order valence-electron chi connectivity index (χ4n) is 5.93. The quantitative estimate of drug-likeness (QED) is 0.768. The molecule has 1 N–H and O–H groups in total. The monoisotopic (exact) mass is 370 g/mol. The molecule has 1 saturated carbocycles.